The fourth-order valence-electron chi connectivity index (χ4n) is 3.46. The third-order valence-corrected chi connectivity index (χ3v) is 6.33. The van der Waals surface area contributed by atoms with Crippen molar-refractivity contribution in [2.24, 2.45) is 0 Å². The minimum absolute atomic E-state index is 0.0490. The summed E-state index contributed by atoms with van der Waals surface area (Å²) in [5.74, 6) is 2.47. The zero-order valence-corrected chi connectivity index (χ0v) is 17.6. The standard InChI is InChI=1S/C22H20N6O2S/c1-13(19(29)16(11-23)20-24-17-6-2-3-7-18(17)25-20)31-22-27-26-21(14-8-9-14)28(22)12-15-5-4-10-30-15/h2-7,10,13-14,29H,8-9,12H2,1H3,(H,24,25)/b19-16-. The Morgan fingerprint density at radius 3 is 2.87 bits per heavy atom. The first-order chi connectivity index (χ1) is 15.1. The van der Waals surface area contributed by atoms with Crippen molar-refractivity contribution in [2.45, 2.75) is 42.6 Å². The van der Waals surface area contributed by atoms with Crippen LogP contribution in [-0.2, 0) is 6.54 Å². The first-order valence-corrected chi connectivity index (χ1v) is 10.9. The number of aliphatic hydroxyl groups is 1. The summed E-state index contributed by atoms with van der Waals surface area (Å²) < 4.78 is 7.55. The molecule has 0 saturated heterocycles. The van der Waals surface area contributed by atoms with E-state index in [2.05, 4.69) is 26.2 Å². The maximum atomic E-state index is 10.9. The molecule has 156 valence electrons. The summed E-state index contributed by atoms with van der Waals surface area (Å²) in [6.07, 6.45) is 3.85. The molecule has 31 heavy (non-hydrogen) atoms. The van der Waals surface area contributed by atoms with Crippen molar-refractivity contribution in [3.63, 3.8) is 0 Å². The number of aromatic nitrogens is 5. The summed E-state index contributed by atoms with van der Waals surface area (Å²) in [6, 6.07) is 13.4. The molecule has 0 amide bonds. The van der Waals surface area contributed by atoms with E-state index in [1.807, 2.05) is 47.9 Å². The van der Waals surface area contributed by atoms with Crippen molar-refractivity contribution < 1.29 is 9.52 Å². The number of furan rings is 1. The number of nitriles is 1. The lowest BCUT2D eigenvalue weighted by Crippen LogP contribution is -2.09. The Labute approximate surface area is 182 Å². The predicted molar refractivity (Wildman–Crippen MR) is 116 cm³/mol. The van der Waals surface area contributed by atoms with Crippen LogP contribution in [0, 0.1) is 11.3 Å². The Kier molecular flexibility index (Phi) is 5.00. The van der Waals surface area contributed by atoms with Crippen molar-refractivity contribution in [1.29, 1.82) is 5.26 Å². The predicted octanol–water partition coefficient (Wildman–Crippen LogP) is 4.65. The number of nitrogens with one attached hydrogen (secondary N) is 1. The normalized spacial score (nSPS) is 15.6. The smallest absolute Gasteiger partial charge is 0.192 e. The van der Waals surface area contributed by atoms with Crippen molar-refractivity contribution in [3.8, 4) is 6.07 Å². The summed E-state index contributed by atoms with van der Waals surface area (Å²) >= 11 is 1.36. The van der Waals surface area contributed by atoms with E-state index in [1.165, 1.54) is 11.8 Å². The zero-order chi connectivity index (χ0) is 21.4. The monoisotopic (exact) mass is 432 g/mol. The molecular weight excluding hydrogens is 412 g/mol. The molecule has 1 saturated carbocycles. The Morgan fingerprint density at radius 2 is 2.16 bits per heavy atom. The van der Waals surface area contributed by atoms with Gasteiger partial charge in [0, 0.05) is 5.92 Å². The van der Waals surface area contributed by atoms with Crippen LogP contribution in [0.1, 0.15) is 43.1 Å². The van der Waals surface area contributed by atoms with Gasteiger partial charge in [-0.05, 0) is 44.0 Å². The van der Waals surface area contributed by atoms with Crippen LogP contribution in [0.25, 0.3) is 16.6 Å². The van der Waals surface area contributed by atoms with Crippen molar-refractivity contribution in [2.75, 3.05) is 0 Å². The van der Waals surface area contributed by atoms with Crippen LogP contribution in [0.15, 0.2) is 58.0 Å². The minimum atomic E-state index is -0.422. The van der Waals surface area contributed by atoms with E-state index in [9.17, 15) is 10.4 Å². The number of hydrogen-bond donors (Lipinski definition) is 2. The van der Waals surface area contributed by atoms with E-state index in [-0.39, 0.29) is 11.3 Å². The Bertz CT molecular complexity index is 1260. The molecule has 1 atom stereocenters. The van der Waals surface area contributed by atoms with Gasteiger partial charge in [-0.25, -0.2) is 4.98 Å². The SMILES string of the molecule is CC(Sc1nnc(C2CC2)n1Cc1ccco1)/C(O)=C(\C#N)c1nc2ccccc2[nH]1. The molecule has 0 bridgehead atoms. The third-order valence-electron chi connectivity index (χ3n) is 5.24. The number of hydrogen-bond acceptors (Lipinski definition) is 7. The van der Waals surface area contributed by atoms with Gasteiger partial charge in [-0.15, -0.1) is 10.2 Å². The number of nitrogens with zero attached hydrogens (tertiary/aromatic N) is 5. The molecule has 5 rings (SSSR count). The Morgan fingerprint density at radius 1 is 1.32 bits per heavy atom. The second kappa shape index (κ2) is 7.96. The highest BCUT2D eigenvalue weighted by atomic mass is 32.2. The summed E-state index contributed by atoms with van der Waals surface area (Å²) in [5, 5.41) is 29.6. The van der Waals surface area contributed by atoms with Gasteiger partial charge in [-0.1, -0.05) is 23.9 Å². The Hall–Kier alpha value is -3.51. The largest absolute Gasteiger partial charge is 0.510 e. The van der Waals surface area contributed by atoms with E-state index in [0.717, 1.165) is 35.5 Å². The van der Waals surface area contributed by atoms with Crippen LogP contribution in [-0.4, -0.2) is 35.1 Å². The first-order valence-electron chi connectivity index (χ1n) is 10.0. The van der Waals surface area contributed by atoms with Crippen LogP contribution < -0.4 is 0 Å². The van der Waals surface area contributed by atoms with Gasteiger partial charge >= 0.3 is 0 Å². The highest BCUT2D eigenvalue weighted by molar-refractivity contribution is 7.99. The maximum Gasteiger partial charge on any atom is 0.192 e. The summed E-state index contributed by atoms with van der Waals surface area (Å²) in [5.41, 5.74) is 1.67. The molecule has 8 nitrogen and oxygen atoms in total. The number of thioether (sulfide) groups is 1. The van der Waals surface area contributed by atoms with Crippen LogP contribution in [0.3, 0.4) is 0 Å². The van der Waals surface area contributed by atoms with E-state index in [0.29, 0.717) is 23.4 Å². The number of aromatic amines is 1. The molecule has 3 aromatic heterocycles. The molecule has 1 unspecified atom stereocenters. The fourth-order valence-corrected chi connectivity index (χ4v) is 4.38. The lowest BCUT2D eigenvalue weighted by Gasteiger charge is -2.13. The number of rotatable bonds is 7. The highest BCUT2D eigenvalue weighted by Crippen LogP contribution is 2.41. The summed E-state index contributed by atoms with van der Waals surface area (Å²) in [6.45, 7) is 2.36. The van der Waals surface area contributed by atoms with Gasteiger partial charge in [0.2, 0.25) is 0 Å². The number of imidazole rings is 1. The number of aliphatic hydroxyl groups excluding tert-OH is 1. The second-order valence-corrected chi connectivity index (χ2v) is 8.82. The lowest BCUT2D eigenvalue weighted by atomic mass is 10.2. The lowest BCUT2D eigenvalue weighted by molar-refractivity contribution is 0.401. The molecule has 1 aliphatic rings. The molecule has 0 spiro atoms. The molecule has 4 aromatic rings. The van der Waals surface area contributed by atoms with Crippen molar-refractivity contribution >= 4 is 28.4 Å². The molecule has 9 heteroatoms. The van der Waals surface area contributed by atoms with Crippen LogP contribution in [0.5, 0.6) is 0 Å². The van der Waals surface area contributed by atoms with E-state index in [4.69, 9.17) is 4.42 Å². The van der Waals surface area contributed by atoms with Gasteiger partial charge in [0.25, 0.3) is 0 Å². The van der Waals surface area contributed by atoms with E-state index in [1.54, 1.807) is 6.26 Å². The maximum absolute atomic E-state index is 10.9. The van der Waals surface area contributed by atoms with Crippen molar-refractivity contribution in [1.82, 2.24) is 24.7 Å². The van der Waals surface area contributed by atoms with Gasteiger partial charge in [0.05, 0.1) is 29.1 Å². The topological polar surface area (TPSA) is 117 Å². The molecule has 0 radical (unpaired) electrons. The quantitative estimate of drug-likeness (QED) is 0.248. The number of benzene rings is 1. The van der Waals surface area contributed by atoms with Gasteiger partial charge < -0.3 is 14.5 Å². The fraction of sp³-hybridized carbons (Fsp3) is 0.273. The van der Waals surface area contributed by atoms with Crippen LogP contribution >= 0.6 is 11.8 Å². The molecular formula is C22H20N6O2S. The van der Waals surface area contributed by atoms with Gasteiger partial charge in [0.1, 0.15) is 29.0 Å². The van der Waals surface area contributed by atoms with Crippen LogP contribution in [0.2, 0.25) is 0 Å². The van der Waals surface area contributed by atoms with Gasteiger partial charge in [-0.2, -0.15) is 5.26 Å². The zero-order valence-electron chi connectivity index (χ0n) is 16.8. The first kappa shape index (κ1) is 19.5. The van der Waals surface area contributed by atoms with E-state index < -0.39 is 5.25 Å². The number of para-hydroxylation sites is 2. The average Bonchev–Trinajstić information content (AvgIpc) is 3.15. The van der Waals surface area contributed by atoms with Gasteiger partial charge in [-0.3, -0.25) is 4.57 Å². The number of fused-ring (bicyclic) bond motifs is 1. The molecule has 0 aliphatic heterocycles. The molecule has 3 heterocycles. The minimum Gasteiger partial charge on any atom is -0.510 e. The second-order valence-electron chi connectivity index (χ2n) is 7.52. The third kappa shape index (κ3) is 3.82. The van der Waals surface area contributed by atoms with Crippen LogP contribution in [0.4, 0.5) is 0 Å². The highest BCUT2D eigenvalue weighted by Gasteiger charge is 2.31. The molecule has 1 fully saturated rings. The average molecular weight is 433 g/mol. The van der Waals surface area contributed by atoms with Gasteiger partial charge in [0.15, 0.2) is 11.0 Å². The molecule has 1 aromatic carbocycles. The number of H-pyrrole nitrogens is 1. The summed E-state index contributed by atoms with van der Waals surface area (Å²) in [7, 11) is 0. The molecule has 1 aliphatic carbocycles. The Balaban J connectivity index is 1.44. The van der Waals surface area contributed by atoms with Crippen molar-refractivity contribution in [3.05, 3.63) is 65.8 Å². The number of allylic oxidation sites excluding steroid dienone is 1. The molecule has 2 N–H and O–H groups in total. The van der Waals surface area contributed by atoms with E-state index >= 15 is 0 Å². The summed E-state index contributed by atoms with van der Waals surface area (Å²) in [4.78, 5) is 7.56.